The normalized spacial score (nSPS) is 19.1. The van der Waals surface area contributed by atoms with E-state index in [2.05, 4.69) is 30.7 Å². The SMILES string of the molecule is Cc1cnn2ccc(-c3ccnc(N[C@H]4CC[C@H](NC(=O)OC(C)(C)C)C4)n3)nc12. The first-order valence-electron chi connectivity index (χ1n) is 10.2. The van der Waals surface area contributed by atoms with Crippen LogP contribution >= 0.6 is 0 Å². The fourth-order valence-corrected chi connectivity index (χ4v) is 3.60. The summed E-state index contributed by atoms with van der Waals surface area (Å²) in [7, 11) is 0. The number of aromatic nitrogens is 5. The lowest BCUT2D eigenvalue weighted by Gasteiger charge is -2.21. The highest BCUT2D eigenvalue weighted by Crippen LogP contribution is 2.24. The number of carbonyl (C=O) groups excluding carboxylic acids is 1. The van der Waals surface area contributed by atoms with Gasteiger partial charge in [0.1, 0.15) is 5.60 Å². The van der Waals surface area contributed by atoms with Crippen molar-refractivity contribution in [1.82, 2.24) is 29.9 Å². The summed E-state index contributed by atoms with van der Waals surface area (Å²) in [6.07, 6.45) is 7.63. The molecule has 0 spiro atoms. The molecule has 1 fully saturated rings. The van der Waals surface area contributed by atoms with Gasteiger partial charge in [0.15, 0.2) is 5.65 Å². The number of fused-ring (bicyclic) bond motifs is 1. The van der Waals surface area contributed by atoms with Gasteiger partial charge in [0.25, 0.3) is 0 Å². The standard InChI is InChI=1S/C21H27N7O2/c1-13-12-23-28-10-8-17(26-18(13)28)16-7-9-22-19(27-16)24-14-5-6-15(11-14)25-20(29)30-21(2,3)4/h7-10,12,14-15H,5-6,11H2,1-4H3,(H,25,29)(H,22,24,27)/t14-,15-/m0/s1. The third-order valence-electron chi connectivity index (χ3n) is 4.95. The first-order chi connectivity index (χ1) is 14.3. The van der Waals surface area contributed by atoms with Gasteiger partial charge in [-0.2, -0.15) is 5.10 Å². The fourth-order valence-electron chi connectivity index (χ4n) is 3.60. The van der Waals surface area contributed by atoms with E-state index in [0.717, 1.165) is 41.9 Å². The molecule has 0 aromatic carbocycles. The van der Waals surface area contributed by atoms with E-state index >= 15 is 0 Å². The van der Waals surface area contributed by atoms with E-state index in [1.165, 1.54) is 0 Å². The van der Waals surface area contributed by atoms with Crippen molar-refractivity contribution in [2.45, 2.75) is 64.6 Å². The highest BCUT2D eigenvalue weighted by atomic mass is 16.6. The van der Waals surface area contributed by atoms with Crippen molar-refractivity contribution in [2.24, 2.45) is 0 Å². The van der Waals surface area contributed by atoms with Gasteiger partial charge >= 0.3 is 6.09 Å². The molecule has 1 aliphatic carbocycles. The van der Waals surface area contributed by atoms with Crippen LogP contribution in [0.3, 0.4) is 0 Å². The van der Waals surface area contributed by atoms with Crippen LogP contribution in [0.25, 0.3) is 17.0 Å². The Kier molecular flexibility index (Phi) is 5.27. The lowest BCUT2D eigenvalue weighted by atomic mass is 10.2. The van der Waals surface area contributed by atoms with Crippen molar-refractivity contribution in [3.63, 3.8) is 0 Å². The second-order valence-electron chi connectivity index (χ2n) is 8.67. The molecule has 0 bridgehead atoms. The largest absolute Gasteiger partial charge is 0.444 e. The minimum Gasteiger partial charge on any atom is -0.444 e. The number of nitrogens with one attached hydrogen (secondary N) is 2. The van der Waals surface area contributed by atoms with Crippen molar-refractivity contribution in [3.8, 4) is 11.4 Å². The zero-order chi connectivity index (χ0) is 21.3. The molecule has 30 heavy (non-hydrogen) atoms. The number of hydrogen-bond acceptors (Lipinski definition) is 7. The van der Waals surface area contributed by atoms with Gasteiger partial charge in [-0.1, -0.05) is 0 Å². The Balaban J connectivity index is 1.40. The number of rotatable bonds is 4. The number of anilines is 1. The summed E-state index contributed by atoms with van der Waals surface area (Å²) in [5, 5.41) is 10.6. The van der Waals surface area contributed by atoms with E-state index in [1.807, 2.05) is 46.0 Å². The molecule has 3 aromatic heterocycles. The summed E-state index contributed by atoms with van der Waals surface area (Å²) in [4.78, 5) is 25.6. The van der Waals surface area contributed by atoms with Gasteiger partial charge in [-0.3, -0.25) is 0 Å². The summed E-state index contributed by atoms with van der Waals surface area (Å²) in [5.41, 5.74) is 2.84. The third kappa shape index (κ3) is 4.67. The van der Waals surface area contributed by atoms with Gasteiger partial charge in [-0.15, -0.1) is 0 Å². The Bertz CT molecular complexity index is 1060. The summed E-state index contributed by atoms with van der Waals surface area (Å²) in [6, 6.07) is 4.00. The van der Waals surface area contributed by atoms with E-state index in [9.17, 15) is 4.79 Å². The maximum absolute atomic E-state index is 12.0. The first-order valence-corrected chi connectivity index (χ1v) is 10.2. The summed E-state index contributed by atoms with van der Waals surface area (Å²) < 4.78 is 7.09. The predicted octanol–water partition coefficient (Wildman–Crippen LogP) is 3.35. The zero-order valence-corrected chi connectivity index (χ0v) is 17.7. The second-order valence-corrected chi connectivity index (χ2v) is 8.67. The maximum atomic E-state index is 12.0. The molecule has 0 saturated heterocycles. The van der Waals surface area contributed by atoms with Crippen molar-refractivity contribution in [3.05, 3.63) is 36.3 Å². The maximum Gasteiger partial charge on any atom is 0.407 e. The molecule has 0 radical (unpaired) electrons. The van der Waals surface area contributed by atoms with Crippen LogP contribution in [0.2, 0.25) is 0 Å². The molecular weight excluding hydrogens is 382 g/mol. The minimum absolute atomic E-state index is 0.0782. The summed E-state index contributed by atoms with van der Waals surface area (Å²) in [5.74, 6) is 0.558. The summed E-state index contributed by atoms with van der Waals surface area (Å²) in [6.45, 7) is 7.55. The number of alkyl carbamates (subject to hydrolysis) is 1. The number of nitrogens with zero attached hydrogens (tertiary/aromatic N) is 5. The van der Waals surface area contributed by atoms with Crippen LogP contribution in [-0.4, -0.2) is 48.3 Å². The molecule has 158 valence electrons. The van der Waals surface area contributed by atoms with E-state index in [4.69, 9.17) is 4.74 Å². The Hall–Kier alpha value is -3.23. The monoisotopic (exact) mass is 409 g/mol. The van der Waals surface area contributed by atoms with E-state index in [-0.39, 0.29) is 18.2 Å². The average molecular weight is 409 g/mol. The first kappa shape index (κ1) is 20.1. The molecule has 1 saturated carbocycles. The molecule has 3 heterocycles. The molecule has 4 rings (SSSR count). The number of amides is 1. The Morgan fingerprint density at radius 1 is 1.17 bits per heavy atom. The molecule has 1 aliphatic rings. The fraction of sp³-hybridized carbons (Fsp3) is 0.476. The lowest BCUT2D eigenvalue weighted by molar-refractivity contribution is 0.0505. The van der Waals surface area contributed by atoms with Crippen molar-refractivity contribution in [1.29, 1.82) is 0 Å². The number of aryl methyl sites for hydroxylation is 1. The van der Waals surface area contributed by atoms with Gasteiger partial charge in [0.2, 0.25) is 5.95 Å². The van der Waals surface area contributed by atoms with Crippen LogP contribution in [0, 0.1) is 6.92 Å². The zero-order valence-electron chi connectivity index (χ0n) is 17.7. The van der Waals surface area contributed by atoms with Gasteiger partial charge in [-0.05, 0) is 59.1 Å². The molecule has 2 N–H and O–H groups in total. The minimum atomic E-state index is -0.499. The smallest absolute Gasteiger partial charge is 0.407 e. The van der Waals surface area contributed by atoms with Gasteiger partial charge in [-0.25, -0.2) is 24.3 Å². The molecule has 9 nitrogen and oxygen atoms in total. The van der Waals surface area contributed by atoms with Gasteiger partial charge in [0.05, 0.1) is 17.6 Å². The quantitative estimate of drug-likeness (QED) is 0.680. The average Bonchev–Trinajstić information content (AvgIpc) is 3.26. The molecule has 3 aromatic rings. The number of hydrogen-bond donors (Lipinski definition) is 2. The second kappa shape index (κ2) is 7.89. The van der Waals surface area contributed by atoms with Crippen molar-refractivity contribution < 1.29 is 9.53 Å². The summed E-state index contributed by atoms with van der Waals surface area (Å²) >= 11 is 0. The third-order valence-corrected chi connectivity index (χ3v) is 4.95. The number of carbonyl (C=O) groups is 1. The van der Waals surface area contributed by atoms with E-state index in [0.29, 0.717) is 5.95 Å². The Labute approximate surface area is 175 Å². The highest BCUT2D eigenvalue weighted by Gasteiger charge is 2.28. The molecule has 9 heteroatoms. The van der Waals surface area contributed by atoms with E-state index in [1.54, 1.807) is 16.9 Å². The van der Waals surface area contributed by atoms with Crippen molar-refractivity contribution in [2.75, 3.05) is 5.32 Å². The number of ether oxygens (including phenoxy) is 1. The molecule has 0 aliphatic heterocycles. The van der Waals surface area contributed by atoms with Crippen LogP contribution in [0.4, 0.5) is 10.7 Å². The van der Waals surface area contributed by atoms with Crippen molar-refractivity contribution >= 4 is 17.7 Å². The topological polar surface area (TPSA) is 106 Å². The van der Waals surface area contributed by atoms with Crippen LogP contribution in [0.15, 0.2) is 30.7 Å². The molecule has 1 amide bonds. The van der Waals surface area contributed by atoms with Crippen LogP contribution < -0.4 is 10.6 Å². The Morgan fingerprint density at radius 3 is 2.73 bits per heavy atom. The highest BCUT2D eigenvalue weighted by molar-refractivity contribution is 5.68. The van der Waals surface area contributed by atoms with Crippen LogP contribution in [-0.2, 0) is 4.74 Å². The molecule has 0 unspecified atom stereocenters. The Morgan fingerprint density at radius 2 is 1.93 bits per heavy atom. The van der Waals surface area contributed by atoms with Gasteiger partial charge < -0.3 is 15.4 Å². The lowest BCUT2D eigenvalue weighted by Crippen LogP contribution is -2.38. The van der Waals surface area contributed by atoms with Crippen LogP contribution in [0.1, 0.15) is 45.6 Å². The van der Waals surface area contributed by atoms with Crippen LogP contribution in [0.5, 0.6) is 0 Å². The predicted molar refractivity (Wildman–Crippen MR) is 113 cm³/mol. The van der Waals surface area contributed by atoms with E-state index < -0.39 is 5.60 Å². The van der Waals surface area contributed by atoms with Gasteiger partial charge in [0, 0.05) is 30.0 Å². The molecule has 2 atom stereocenters. The molecular formula is C21H27N7O2.